The first-order valence-corrected chi connectivity index (χ1v) is 36.5. The first kappa shape index (κ1) is 81.4. The Bertz CT molecular complexity index is 2510. The molecule has 0 radical (unpaired) electrons. The summed E-state index contributed by atoms with van der Waals surface area (Å²) >= 11 is 0. The van der Waals surface area contributed by atoms with Crippen molar-refractivity contribution >= 4 is 30.0 Å². The quantitative estimate of drug-likeness (QED) is 0.0190. The second kappa shape index (κ2) is 41.4. The number of aliphatic hydroxyl groups excluding tert-OH is 8. The Hall–Kier alpha value is -3.88. The largest absolute Gasteiger partial charge is 0.457 e. The molecule has 0 aromatic heterocycles. The normalized spacial score (nSPS) is 38.3. The molecular formula is C72H116O26. The highest BCUT2D eigenvalue weighted by molar-refractivity contribution is 5.87. The summed E-state index contributed by atoms with van der Waals surface area (Å²) < 4.78 is 89.4. The van der Waals surface area contributed by atoms with Crippen molar-refractivity contribution in [3.8, 4) is 0 Å². The molecule has 98 heavy (non-hydrogen) atoms. The molecular weight excluding hydrogens is 1280 g/mol. The van der Waals surface area contributed by atoms with E-state index in [4.69, 9.17) is 66.3 Å². The number of esters is 4. The first-order chi connectivity index (χ1) is 47.1. The van der Waals surface area contributed by atoms with E-state index in [1.807, 2.05) is 0 Å². The smallest absolute Gasteiger partial charge is 0.331 e. The number of rotatable bonds is 28. The van der Waals surface area contributed by atoms with E-state index in [0.717, 1.165) is 102 Å². The number of benzene rings is 1. The van der Waals surface area contributed by atoms with E-state index >= 15 is 0 Å². The lowest BCUT2D eigenvalue weighted by Gasteiger charge is -2.51. The Morgan fingerprint density at radius 3 is 1.78 bits per heavy atom. The van der Waals surface area contributed by atoms with Crippen molar-refractivity contribution in [3.63, 3.8) is 0 Å². The molecule has 8 N–H and O–H groups in total. The molecule has 560 valence electrons. The van der Waals surface area contributed by atoms with E-state index in [1.54, 1.807) is 51.1 Å². The van der Waals surface area contributed by atoms with Crippen LogP contribution in [0.15, 0.2) is 36.4 Å². The maximum absolute atomic E-state index is 14.4. The average Bonchev–Trinajstić information content (AvgIpc) is 0.765. The molecule has 1 aromatic rings. The van der Waals surface area contributed by atoms with Gasteiger partial charge in [0.1, 0.15) is 73.2 Å². The summed E-state index contributed by atoms with van der Waals surface area (Å²) in [6.45, 7) is 12.8. The topological polar surface area (TPSA) is 359 Å². The van der Waals surface area contributed by atoms with E-state index in [2.05, 4.69) is 13.8 Å². The second-order valence-electron chi connectivity index (χ2n) is 27.5. The number of carbonyl (C=O) groups is 4. The predicted octanol–water partition coefficient (Wildman–Crippen LogP) is 6.57. The SMILES string of the molecule is CCCCCCCCCCCC(=O)O[C@@H]1[C@@H](O)[C@@H](OC(=O)/C=C/c2ccccc2)[C@H](O[C@@H]2[C@@H](O[C@@H]3O[C@H](CO)[C@@H](O)[C@H](O)[C@H]3O)[C@@H](OC(=O)[C@@H](C)CC)[C@H](O[C@@H]3[C@@H](O)[C@H]4OC(=O)CCCCCCCCC[C@H](CCCCC)O[C@@H]5O[C@H](C)[C@H](O)[C@H](O)[C@H]5O[C@@H]4O[C@H]3C)O[C@H]2C)O[C@H]1C. The first-order valence-electron chi connectivity index (χ1n) is 36.5. The molecule has 6 fully saturated rings. The van der Waals surface area contributed by atoms with Crippen molar-refractivity contribution in [2.75, 3.05) is 6.61 Å². The van der Waals surface area contributed by atoms with Gasteiger partial charge in [0.25, 0.3) is 0 Å². The lowest BCUT2D eigenvalue weighted by atomic mass is 9.95. The van der Waals surface area contributed by atoms with Crippen molar-refractivity contribution in [2.24, 2.45) is 5.92 Å². The molecule has 0 bridgehead atoms. The van der Waals surface area contributed by atoms with E-state index in [-0.39, 0.29) is 25.4 Å². The van der Waals surface area contributed by atoms with Crippen molar-refractivity contribution in [1.29, 1.82) is 0 Å². The molecule has 6 heterocycles. The lowest BCUT2D eigenvalue weighted by molar-refractivity contribution is -0.400. The van der Waals surface area contributed by atoms with Gasteiger partial charge in [-0.25, -0.2) is 4.79 Å². The van der Waals surface area contributed by atoms with Crippen LogP contribution in [0.1, 0.15) is 215 Å². The summed E-state index contributed by atoms with van der Waals surface area (Å²) in [7, 11) is 0. The van der Waals surface area contributed by atoms with Crippen LogP contribution in [0.4, 0.5) is 0 Å². The predicted molar refractivity (Wildman–Crippen MR) is 351 cm³/mol. The van der Waals surface area contributed by atoms with Gasteiger partial charge in [0.05, 0.1) is 43.0 Å². The average molecular weight is 1400 g/mol. The van der Waals surface area contributed by atoms with Crippen LogP contribution >= 0.6 is 0 Å². The number of unbranched alkanes of at least 4 members (excludes halogenated alkanes) is 10. The molecule has 6 saturated heterocycles. The van der Waals surface area contributed by atoms with Crippen molar-refractivity contribution in [2.45, 2.75) is 369 Å². The standard InChI is InChI=1S/C72H116O26/c1-9-12-14-15-16-17-20-23-30-36-49(74)91-59-43(6)86-70(63(57(59)82)93-51(76)39-38-46-32-27-25-28-33-46)96-61-45(8)88-72(66(94-67(84)41(4)11-3)65(61)98-68-56(81)54(79)53(78)48(40-73)90-68)95-60-44(7)87-71-64(58(60)83)92-50(75)37-31-24-21-18-19-22-29-35-47(34-26-13-10-2)89-69-62(97-71)55(80)52(77)42(5)85-69/h25,27-28,32-33,38-39,41-45,47-48,52-66,68-73,77-83H,9-24,26,29-31,34-37,40H2,1-8H3/b39-38+/t41-,42+,43-,44-,45-,47-,48+,52-,53+,54-,55-,56+,57+,58+,59-,60-,61-,62+,63+,64+,65+,66+,68-,69-,70-,71-,72-/m0/s1. The van der Waals surface area contributed by atoms with Crippen LogP contribution in [0.25, 0.3) is 6.08 Å². The van der Waals surface area contributed by atoms with Crippen LogP contribution in [0.2, 0.25) is 0 Å². The highest BCUT2D eigenvalue weighted by atomic mass is 16.8. The van der Waals surface area contributed by atoms with Gasteiger partial charge >= 0.3 is 23.9 Å². The van der Waals surface area contributed by atoms with E-state index in [1.165, 1.54) is 39.7 Å². The van der Waals surface area contributed by atoms with Gasteiger partial charge in [-0.2, -0.15) is 0 Å². The van der Waals surface area contributed by atoms with Gasteiger partial charge in [-0.15, -0.1) is 0 Å². The molecule has 26 nitrogen and oxygen atoms in total. The zero-order chi connectivity index (χ0) is 71.0. The molecule has 1 aromatic carbocycles. The van der Waals surface area contributed by atoms with Gasteiger partial charge in [-0.05, 0) is 71.4 Å². The highest BCUT2D eigenvalue weighted by Gasteiger charge is 2.59. The fraction of sp³-hybridized carbons (Fsp3) is 0.833. The lowest BCUT2D eigenvalue weighted by Crippen LogP contribution is -2.68. The summed E-state index contributed by atoms with van der Waals surface area (Å²) in [6.07, 6.45) is -19.1. The summed E-state index contributed by atoms with van der Waals surface area (Å²) in [5.74, 6) is -3.99. The minimum atomic E-state index is -2.06. The highest BCUT2D eigenvalue weighted by Crippen LogP contribution is 2.40. The number of hydrogen-bond acceptors (Lipinski definition) is 26. The number of fused-ring (bicyclic) bond motifs is 2. The molecule has 0 unspecified atom stereocenters. The van der Waals surface area contributed by atoms with Gasteiger partial charge in [0, 0.05) is 18.9 Å². The van der Waals surface area contributed by atoms with Crippen LogP contribution in [0, 0.1) is 5.92 Å². The van der Waals surface area contributed by atoms with Gasteiger partial charge in [0.2, 0.25) is 0 Å². The van der Waals surface area contributed by atoms with Crippen LogP contribution in [-0.2, 0) is 85.5 Å². The summed E-state index contributed by atoms with van der Waals surface area (Å²) in [4.78, 5) is 55.9. The Balaban J connectivity index is 1.23. The van der Waals surface area contributed by atoms with Gasteiger partial charge in [-0.1, -0.05) is 167 Å². The maximum atomic E-state index is 14.4. The third-order valence-electron chi connectivity index (χ3n) is 19.6. The molecule has 0 amide bonds. The van der Waals surface area contributed by atoms with Crippen LogP contribution < -0.4 is 0 Å². The minimum Gasteiger partial charge on any atom is -0.457 e. The molecule has 26 heteroatoms. The van der Waals surface area contributed by atoms with Crippen molar-refractivity contribution < 1.29 is 126 Å². The van der Waals surface area contributed by atoms with Gasteiger partial charge < -0.3 is 107 Å². The van der Waals surface area contributed by atoms with Crippen LogP contribution in [0.3, 0.4) is 0 Å². The number of ether oxygens (including phenoxy) is 14. The van der Waals surface area contributed by atoms with E-state index in [9.17, 15) is 60.0 Å². The molecule has 6 aliphatic rings. The van der Waals surface area contributed by atoms with Crippen molar-refractivity contribution in [1.82, 2.24) is 0 Å². The number of hydrogen-bond donors (Lipinski definition) is 8. The zero-order valence-electron chi connectivity index (χ0n) is 58.7. The van der Waals surface area contributed by atoms with Crippen molar-refractivity contribution in [3.05, 3.63) is 42.0 Å². The van der Waals surface area contributed by atoms with E-state index < -0.39 is 190 Å². The second-order valence-corrected chi connectivity index (χ2v) is 27.5. The third kappa shape index (κ3) is 23.3. The van der Waals surface area contributed by atoms with E-state index in [0.29, 0.717) is 31.2 Å². The fourth-order valence-corrected chi connectivity index (χ4v) is 13.4. The molecule has 6 aliphatic heterocycles. The van der Waals surface area contributed by atoms with Crippen LogP contribution in [0.5, 0.6) is 0 Å². The molecule has 27 atom stereocenters. The third-order valence-corrected chi connectivity index (χ3v) is 19.6. The molecule has 0 saturated carbocycles. The maximum Gasteiger partial charge on any atom is 0.331 e. The van der Waals surface area contributed by atoms with Gasteiger partial charge in [-0.3, -0.25) is 14.4 Å². The molecule has 0 spiro atoms. The Morgan fingerprint density at radius 1 is 0.520 bits per heavy atom. The van der Waals surface area contributed by atoms with Gasteiger partial charge in [0.15, 0.2) is 55.9 Å². The van der Waals surface area contributed by atoms with Crippen LogP contribution in [-0.4, -0.2) is 231 Å². The number of carbonyl (C=O) groups excluding carboxylic acids is 4. The molecule has 7 rings (SSSR count). The minimum absolute atomic E-state index is 0.0345. The Morgan fingerprint density at radius 2 is 1.10 bits per heavy atom. The monoisotopic (exact) mass is 1400 g/mol. The zero-order valence-corrected chi connectivity index (χ0v) is 58.7. The Labute approximate surface area is 577 Å². The number of aliphatic hydroxyl groups is 8. The summed E-state index contributed by atoms with van der Waals surface area (Å²) in [5.41, 5.74) is 0.633. The molecule has 0 aliphatic carbocycles. The fourth-order valence-electron chi connectivity index (χ4n) is 13.4. The summed E-state index contributed by atoms with van der Waals surface area (Å²) in [5, 5.41) is 92.3. The summed E-state index contributed by atoms with van der Waals surface area (Å²) in [6, 6.07) is 8.82. The Kier molecular flexibility index (Phi) is 34.4.